The van der Waals surface area contributed by atoms with Gasteiger partial charge in [-0.05, 0) is 24.6 Å². The van der Waals surface area contributed by atoms with E-state index < -0.39 is 0 Å². The Morgan fingerprint density at radius 3 is 2.26 bits per heavy atom. The van der Waals surface area contributed by atoms with Crippen LogP contribution >= 0.6 is 0 Å². The molecule has 0 heterocycles. The summed E-state index contributed by atoms with van der Waals surface area (Å²) < 4.78 is 11.5. The van der Waals surface area contributed by atoms with Crippen LogP contribution in [0, 0.1) is 0 Å². The molecule has 0 aliphatic carbocycles. The lowest BCUT2D eigenvalue weighted by atomic mass is 10.2. The van der Waals surface area contributed by atoms with Crippen molar-refractivity contribution >= 4 is 0 Å². The molecule has 0 saturated heterocycles. The van der Waals surface area contributed by atoms with E-state index in [0.717, 1.165) is 17.1 Å². The zero-order valence-electron chi connectivity index (χ0n) is 11.1. The van der Waals surface area contributed by atoms with E-state index in [1.165, 1.54) is 0 Å². The standard InChI is InChI=1S/C16H19NO2/c1-13(11-17)19-16-10-6-5-9-15(16)18-12-14-7-3-2-4-8-14/h2-10,13H,11-12,17H2,1H3. The Morgan fingerprint density at radius 2 is 1.58 bits per heavy atom. The molecule has 3 nitrogen and oxygen atoms in total. The van der Waals surface area contributed by atoms with Crippen LogP contribution in [-0.2, 0) is 6.61 Å². The number of benzene rings is 2. The Bertz CT molecular complexity index is 499. The van der Waals surface area contributed by atoms with Gasteiger partial charge in [-0.1, -0.05) is 42.5 Å². The minimum Gasteiger partial charge on any atom is -0.486 e. The van der Waals surface area contributed by atoms with E-state index in [1.807, 2.05) is 61.5 Å². The van der Waals surface area contributed by atoms with E-state index in [0.29, 0.717) is 13.2 Å². The fraction of sp³-hybridized carbons (Fsp3) is 0.250. The van der Waals surface area contributed by atoms with Crippen LogP contribution in [0.3, 0.4) is 0 Å². The Labute approximate surface area is 114 Å². The first-order valence-electron chi connectivity index (χ1n) is 6.42. The quantitative estimate of drug-likeness (QED) is 0.865. The summed E-state index contributed by atoms with van der Waals surface area (Å²) in [6.07, 6.45) is -0.0264. The fourth-order valence-corrected chi connectivity index (χ4v) is 1.67. The van der Waals surface area contributed by atoms with Gasteiger partial charge in [0.2, 0.25) is 0 Å². The van der Waals surface area contributed by atoms with Gasteiger partial charge in [0.05, 0.1) is 0 Å². The lowest BCUT2D eigenvalue weighted by Gasteiger charge is -2.16. The average molecular weight is 257 g/mol. The topological polar surface area (TPSA) is 44.5 Å². The van der Waals surface area contributed by atoms with Crippen LogP contribution in [0.5, 0.6) is 11.5 Å². The summed E-state index contributed by atoms with van der Waals surface area (Å²) in [4.78, 5) is 0. The zero-order chi connectivity index (χ0) is 13.5. The Balaban J connectivity index is 2.03. The number of rotatable bonds is 6. The van der Waals surface area contributed by atoms with Gasteiger partial charge in [-0.2, -0.15) is 0 Å². The minimum atomic E-state index is -0.0264. The molecular formula is C16H19NO2. The van der Waals surface area contributed by atoms with Crippen LogP contribution < -0.4 is 15.2 Å². The third kappa shape index (κ3) is 4.00. The van der Waals surface area contributed by atoms with Crippen molar-refractivity contribution in [3.05, 3.63) is 60.2 Å². The largest absolute Gasteiger partial charge is 0.486 e. The van der Waals surface area contributed by atoms with Gasteiger partial charge in [0.15, 0.2) is 11.5 Å². The van der Waals surface area contributed by atoms with Crippen LogP contribution in [0.15, 0.2) is 54.6 Å². The first-order chi connectivity index (χ1) is 9.29. The van der Waals surface area contributed by atoms with Crippen molar-refractivity contribution in [2.75, 3.05) is 6.54 Å². The van der Waals surface area contributed by atoms with Gasteiger partial charge in [-0.25, -0.2) is 0 Å². The monoisotopic (exact) mass is 257 g/mol. The highest BCUT2D eigenvalue weighted by Gasteiger charge is 2.07. The molecule has 19 heavy (non-hydrogen) atoms. The normalized spacial score (nSPS) is 11.9. The molecule has 100 valence electrons. The van der Waals surface area contributed by atoms with E-state index >= 15 is 0 Å². The fourth-order valence-electron chi connectivity index (χ4n) is 1.67. The molecule has 0 saturated carbocycles. The van der Waals surface area contributed by atoms with Crippen molar-refractivity contribution in [2.24, 2.45) is 5.73 Å². The maximum absolute atomic E-state index is 5.80. The van der Waals surface area contributed by atoms with Gasteiger partial charge in [-0.3, -0.25) is 0 Å². The van der Waals surface area contributed by atoms with Gasteiger partial charge < -0.3 is 15.2 Å². The molecule has 1 atom stereocenters. The Kier molecular flexibility index (Phi) is 4.81. The SMILES string of the molecule is CC(CN)Oc1ccccc1OCc1ccccc1. The summed E-state index contributed by atoms with van der Waals surface area (Å²) >= 11 is 0. The lowest BCUT2D eigenvalue weighted by Crippen LogP contribution is -2.23. The maximum atomic E-state index is 5.80. The molecular weight excluding hydrogens is 238 g/mol. The second-order valence-corrected chi connectivity index (χ2v) is 4.39. The third-order valence-corrected chi connectivity index (χ3v) is 2.75. The van der Waals surface area contributed by atoms with Gasteiger partial charge in [-0.15, -0.1) is 0 Å². The molecule has 0 amide bonds. The average Bonchev–Trinajstić information content (AvgIpc) is 2.47. The molecule has 2 aromatic rings. The van der Waals surface area contributed by atoms with Crippen LogP contribution in [0.25, 0.3) is 0 Å². The Morgan fingerprint density at radius 1 is 0.947 bits per heavy atom. The zero-order valence-corrected chi connectivity index (χ0v) is 11.1. The number of ether oxygens (including phenoxy) is 2. The van der Waals surface area contributed by atoms with Crippen LogP contribution in [0.1, 0.15) is 12.5 Å². The van der Waals surface area contributed by atoms with Gasteiger partial charge in [0, 0.05) is 6.54 Å². The summed E-state index contributed by atoms with van der Waals surface area (Å²) in [5.74, 6) is 1.48. The van der Waals surface area contributed by atoms with Crippen molar-refractivity contribution in [3.8, 4) is 11.5 Å². The van der Waals surface area contributed by atoms with E-state index in [-0.39, 0.29) is 6.10 Å². The van der Waals surface area contributed by atoms with Crippen molar-refractivity contribution in [2.45, 2.75) is 19.6 Å². The molecule has 1 unspecified atom stereocenters. The molecule has 0 spiro atoms. The number of nitrogens with two attached hydrogens (primary N) is 1. The molecule has 2 aromatic carbocycles. The highest BCUT2D eigenvalue weighted by molar-refractivity contribution is 5.39. The predicted molar refractivity (Wildman–Crippen MR) is 76.4 cm³/mol. The predicted octanol–water partition coefficient (Wildman–Crippen LogP) is 2.99. The van der Waals surface area contributed by atoms with E-state index in [2.05, 4.69) is 0 Å². The van der Waals surface area contributed by atoms with E-state index in [1.54, 1.807) is 0 Å². The molecule has 2 N–H and O–H groups in total. The molecule has 0 aromatic heterocycles. The highest BCUT2D eigenvalue weighted by atomic mass is 16.5. The number of hydrogen-bond acceptors (Lipinski definition) is 3. The smallest absolute Gasteiger partial charge is 0.161 e. The van der Waals surface area contributed by atoms with Crippen LogP contribution in [0.2, 0.25) is 0 Å². The summed E-state index contributed by atoms with van der Waals surface area (Å²) in [7, 11) is 0. The lowest BCUT2D eigenvalue weighted by molar-refractivity contribution is 0.209. The first kappa shape index (κ1) is 13.4. The molecule has 0 radical (unpaired) electrons. The van der Waals surface area contributed by atoms with Gasteiger partial charge in [0.1, 0.15) is 12.7 Å². The summed E-state index contributed by atoms with van der Waals surface area (Å²) in [6, 6.07) is 17.7. The highest BCUT2D eigenvalue weighted by Crippen LogP contribution is 2.28. The molecule has 2 rings (SSSR count). The van der Waals surface area contributed by atoms with Gasteiger partial charge >= 0.3 is 0 Å². The second-order valence-electron chi connectivity index (χ2n) is 4.39. The van der Waals surface area contributed by atoms with Crippen LogP contribution in [0.4, 0.5) is 0 Å². The first-order valence-corrected chi connectivity index (χ1v) is 6.42. The van der Waals surface area contributed by atoms with Crippen molar-refractivity contribution in [1.82, 2.24) is 0 Å². The number of para-hydroxylation sites is 2. The number of hydrogen-bond donors (Lipinski definition) is 1. The van der Waals surface area contributed by atoms with E-state index in [4.69, 9.17) is 15.2 Å². The molecule has 0 bridgehead atoms. The molecule has 0 aliphatic rings. The van der Waals surface area contributed by atoms with E-state index in [9.17, 15) is 0 Å². The summed E-state index contributed by atoms with van der Waals surface area (Å²) in [5, 5.41) is 0. The summed E-state index contributed by atoms with van der Waals surface area (Å²) in [6.45, 7) is 2.94. The maximum Gasteiger partial charge on any atom is 0.161 e. The van der Waals surface area contributed by atoms with Crippen molar-refractivity contribution < 1.29 is 9.47 Å². The second kappa shape index (κ2) is 6.81. The van der Waals surface area contributed by atoms with Gasteiger partial charge in [0.25, 0.3) is 0 Å². The molecule has 0 aliphatic heterocycles. The molecule has 0 fully saturated rings. The Hall–Kier alpha value is -2.00. The van der Waals surface area contributed by atoms with Crippen molar-refractivity contribution in [3.63, 3.8) is 0 Å². The third-order valence-electron chi connectivity index (χ3n) is 2.75. The molecule has 3 heteroatoms. The minimum absolute atomic E-state index is 0.0264. The van der Waals surface area contributed by atoms with Crippen molar-refractivity contribution in [1.29, 1.82) is 0 Å². The summed E-state index contributed by atoms with van der Waals surface area (Å²) in [5.41, 5.74) is 6.70. The van der Waals surface area contributed by atoms with Crippen LogP contribution in [-0.4, -0.2) is 12.6 Å².